The Labute approximate surface area is 181 Å². The standard InChI is InChI=1S/C22H28N4O5/c1-15-4-6-18(30-3)17(12-15)24-20(27)13-23-21(28)14-25-8-10-26(11-9-25)22(29)19-7-5-16(2)31-19/h4-7,12H,8-11,13-14H2,1-3H3,(H,23,28)(H,24,27). The molecule has 3 rings (SSSR count). The highest BCUT2D eigenvalue weighted by Gasteiger charge is 2.25. The molecule has 0 unspecified atom stereocenters. The number of furan rings is 1. The summed E-state index contributed by atoms with van der Waals surface area (Å²) in [6.07, 6.45) is 0. The van der Waals surface area contributed by atoms with Gasteiger partial charge in [0.05, 0.1) is 25.9 Å². The average molecular weight is 428 g/mol. The number of anilines is 1. The number of rotatable bonds is 7. The molecule has 1 aliphatic heterocycles. The van der Waals surface area contributed by atoms with Gasteiger partial charge in [0.15, 0.2) is 5.76 Å². The normalized spacial score (nSPS) is 14.2. The fourth-order valence-corrected chi connectivity index (χ4v) is 3.37. The highest BCUT2D eigenvalue weighted by atomic mass is 16.5. The molecule has 0 radical (unpaired) electrons. The van der Waals surface area contributed by atoms with Gasteiger partial charge >= 0.3 is 0 Å². The van der Waals surface area contributed by atoms with Gasteiger partial charge in [0, 0.05) is 26.2 Å². The first-order valence-corrected chi connectivity index (χ1v) is 10.1. The molecule has 9 heteroatoms. The van der Waals surface area contributed by atoms with E-state index in [-0.39, 0.29) is 30.8 Å². The number of carbonyl (C=O) groups is 3. The lowest BCUT2D eigenvalue weighted by Crippen LogP contribution is -2.51. The zero-order chi connectivity index (χ0) is 22.4. The number of hydrogen-bond acceptors (Lipinski definition) is 6. The van der Waals surface area contributed by atoms with Crippen molar-refractivity contribution in [1.29, 1.82) is 0 Å². The van der Waals surface area contributed by atoms with Gasteiger partial charge in [-0.25, -0.2) is 0 Å². The van der Waals surface area contributed by atoms with Crippen LogP contribution in [0.3, 0.4) is 0 Å². The Morgan fingerprint density at radius 3 is 2.42 bits per heavy atom. The third kappa shape index (κ3) is 6.08. The molecule has 0 bridgehead atoms. The molecular weight excluding hydrogens is 400 g/mol. The number of piperazine rings is 1. The second-order valence-corrected chi connectivity index (χ2v) is 7.51. The van der Waals surface area contributed by atoms with Crippen molar-refractivity contribution in [2.24, 2.45) is 0 Å². The number of methoxy groups -OCH3 is 1. The minimum atomic E-state index is -0.332. The maximum absolute atomic E-state index is 12.4. The molecule has 2 aromatic rings. The fraction of sp³-hybridized carbons (Fsp3) is 0.409. The molecule has 0 atom stereocenters. The zero-order valence-corrected chi connectivity index (χ0v) is 18.1. The Balaban J connectivity index is 1.40. The summed E-state index contributed by atoms with van der Waals surface area (Å²) in [7, 11) is 1.53. The molecule has 9 nitrogen and oxygen atoms in total. The first-order chi connectivity index (χ1) is 14.9. The van der Waals surface area contributed by atoms with Crippen molar-refractivity contribution in [2.45, 2.75) is 13.8 Å². The summed E-state index contributed by atoms with van der Waals surface area (Å²) in [6, 6.07) is 8.91. The SMILES string of the molecule is COc1ccc(C)cc1NC(=O)CNC(=O)CN1CCN(C(=O)c2ccc(C)o2)CC1. The number of aryl methyl sites for hydroxylation is 2. The Hall–Kier alpha value is -3.33. The minimum absolute atomic E-state index is 0.133. The van der Waals surface area contributed by atoms with Gasteiger partial charge in [0.2, 0.25) is 11.8 Å². The van der Waals surface area contributed by atoms with Crippen molar-refractivity contribution in [3.05, 3.63) is 47.4 Å². The van der Waals surface area contributed by atoms with E-state index in [1.807, 2.05) is 24.0 Å². The van der Waals surface area contributed by atoms with Crippen molar-refractivity contribution in [3.8, 4) is 5.75 Å². The topological polar surface area (TPSA) is 104 Å². The quantitative estimate of drug-likeness (QED) is 0.691. The van der Waals surface area contributed by atoms with Crippen LogP contribution in [0, 0.1) is 13.8 Å². The molecular formula is C22H28N4O5. The van der Waals surface area contributed by atoms with Crippen LogP contribution in [0.5, 0.6) is 5.75 Å². The first kappa shape index (κ1) is 22.4. The van der Waals surface area contributed by atoms with Crippen molar-refractivity contribution < 1.29 is 23.5 Å². The smallest absolute Gasteiger partial charge is 0.289 e. The summed E-state index contributed by atoms with van der Waals surface area (Å²) in [5.41, 5.74) is 1.55. The van der Waals surface area contributed by atoms with Crippen molar-refractivity contribution in [2.75, 3.05) is 51.7 Å². The lowest BCUT2D eigenvalue weighted by Gasteiger charge is -2.33. The van der Waals surface area contributed by atoms with Crippen LogP contribution in [0.2, 0.25) is 0 Å². The maximum Gasteiger partial charge on any atom is 0.289 e. The van der Waals surface area contributed by atoms with Crippen LogP contribution in [-0.4, -0.2) is 73.9 Å². The van der Waals surface area contributed by atoms with Crippen molar-refractivity contribution >= 4 is 23.4 Å². The number of amides is 3. The molecule has 1 aromatic heterocycles. The van der Waals surface area contributed by atoms with E-state index in [4.69, 9.17) is 9.15 Å². The second kappa shape index (κ2) is 10.1. The van der Waals surface area contributed by atoms with E-state index < -0.39 is 0 Å². The maximum atomic E-state index is 12.4. The molecule has 1 aromatic carbocycles. The third-order valence-electron chi connectivity index (χ3n) is 5.05. The lowest BCUT2D eigenvalue weighted by molar-refractivity contribution is -0.125. The monoisotopic (exact) mass is 428 g/mol. The Bertz CT molecular complexity index is 947. The first-order valence-electron chi connectivity index (χ1n) is 10.1. The van der Waals surface area contributed by atoms with Crippen LogP contribution in [0.4, 0.5) is 5.69 Å². The van der Waals surface area contributed by atoms with Crippen LogP contribution in [0.25, 0.3) is 0 Å². The predicted octanol–water partition coefficient (Wildman–Crippen LogP) is 1.42. The van der Waals surface area contributed by atoms with Gasteiger partial charge < -0.3 is 24.7 Å². The molecule has 166 valence electrons. The van der Waals surface area contributed by atoms with Gasteiger partial charge in [0.1, 0.15) is 11.5 Å². The fourth-order valence-electron chi connectivity index (χ4n) is 3.37. The Morgan fingerprint density at radius 1 is 1.03 bits per heavy atom. The molecule has 0 aliphatic carbocycles. The summed E-state index contributed by atoms with van der Waals surface area (Å²) in [5.74, 6) is 0.875. The summed E-state index contributed by atoms with van der Waals surface area (Å²) < 4.78 is 10.6. The molecule has 2 N–H and O–H groups in total. The molecule has 2 heterocycles. The van der Waals surface area contributed by atoms with E-state index in [1.165, 1.54) is 7.11 Å². The summed E-state index contributed by atoms with van der Waals surface area (Å²) >= 11 is 0. The average Bonchev–Trinajstić information content (AvgIpc) is 3.19. The number of nitrogens with zero attached hydrogens (tertiary/aromatic N) is 2. The third-order valence-corrected chi connectivity index (χ3v) is 5.05. The van der Waals surface area contributed by atoms with Crippen LogP contribution in [0.15, 0.2) is 34.7 Å². The molecule has 31 heavy (non-hydrogen) atoms. The van der Waals surface area contributed by atoms with E-state index in [0.717, 1.165) is 5.56 Å². The number of hydrogen-bond donors (Lipinski definition) is 2. The van der Waals surface area contributed by atoms with Gasteiger partial charge in [-0.3, -0.25) is 19.3 Å². The number of ether oxygens (including phenoxy) is 1. The largest absolute Gasteiger partial charge is 0.495 e. The lowest BCUT2D eigenvalue weighted by atomic mass is 10.2. The van der Waals surface area contributed by atoms with E-state index in [2.05, 4.69) is 10.6 Å². The van der Waals surface area contributed by atoms with Gasteiger partial charge in [-0.05, 0) is 43.7 Å². The van der Waals surface area contributed by atoms with Crippen LogP contribution in [0.1, 0.15) is 21.9 Å². The zero-order valence-electron chi connectivity index (χ0n) is 18.1. The number of benzene rings is 1. The van der Waals surface area contributed by atoms with Gasteiger partial charge in [-0.2, -0.15) is 0 Å². The number of carbonyl (C=O) groups excluding carboxylic acids is 3. The summed E-state index contributed by atoms with van der Waals surface area (Å²) in [4.78, 5) is 40.5. The molecule has 0 saturated carbocycles. The van der Waals surface area contributed by atoms with Crippen molar-refractivity contribution in [3.63, 3.8) is 0 Å². The Morgan fingerprint density at radius 2 is 1.77 bits per heavy atom. The van der Waals surface area contributed by atoms with Gasteiger partial charge in [0.25, 0.3) is 5.91 Å². The van der Waals surface area contributed by atoms with E-state index in [0.29, 0.717) is 49.1 Å². The summed E-state index contributed by atoms with van der Waals surface area (Å²) in [6.45, 7) is 5.93. The van der Waals surface area contributed by atoms with E-state index in [1.54, 1.807) is 30.0 Å². The van der Waals surface area contributed by atoms with Crippen LogP contribution in [-0.2, 0) is 9.59 Å². The molecule has 0 spiro atoms. The van der Waals surface area contributed by atoms with Crippen LogP contribution < -0.4 is 15.4 Å². The van der Waals surface area contributed by atoms with Crippen molar-refractivity contribution in [1.82, 2.24) is 15.1 Å². The predicted molar refractivity (Wildman–Crippen MR) is 115 cm³/mol. The van der Waals surface area contributed by atoms with E-state index >= 15 is 0 Å². The number of nitrogens with one attached hydrogen (secondary N) is 2. The minimum Gasteiger partial charge on any atom is -0.495 e. The van der Waals surface area contributed by atoms with Gasteiger partial charge in [-0.1, -0.05) is 6.07 Å². The van der Waals surface area contributed by atoms with Crippen LogP contribution >= 0.6 is 0 Å². The molecule has 3 amide bonds. The highest BCUT2D eigenvalue weighted by molar-refractivity contribution is 5.96. The molecule has 1 saturated heterocycles. The van der Waals surface area contributed by atoms with Gasteiger partial charge in [-0.15, -0.1) is 0 Å². The van der Waals surface area contributed by atoms with E-state index in [9.17, 15) is 14.4 Å². The molecule has 1 fully saturated rings. The molecule has 1 aliphatic rings. The Kier molecular flexibility index (Phi) is 7.30. The second-order valence-electron chi connectivity index (χ2n) is 7.51. The summed E-state index contributed by atoms with van der Waals surface area (Å²) in [5, 5.41) is 5.39. The highest BCUT2D eigenvalue weighted by Crippen LogP contribution is 2.24.